The van der Waals surface area contributed by atoms with Gasteiger partial charge in [-0.15, -0.1) is 0 Å². The number of piperidine rings is 1. The van der Waals surface area contributed by atoms with Crippen LogP contribution >= 0.6 is 23.2 Å². The highest BCUT2D eigenvalue weighted by Gasteiger charge is 2.50. The standard InChI is InChI=1S/C31H34Cl2F3N5O3/c1-4-23-30(15-22(38-23)28(42)43)7-9-41(10-8-30)24-14-25(40-29(37)39-24)44-27(31(34,35)36)20-6-5-19(32)13-21(20)18-11-16(2)26(33)17(3)12-18/h5-6,11-14,22-23,27,38H,4,7-10,15H2,1-3H3,(H,42,43)(H2,37,39,40)/t22?,23?,27-/m1/s1. The number of ether oxygens (including phenoxy) is 1. The molecule has 1 spiro atoms. The minimum absolute atomic E-state index is 0.0643. The Labute approximate surface area is 263 Å². The summed E-state index contributed by atoms with van der Waals surface area (Å²) in [5.74, 6) is -1.06. The van der Waals surface area contributed by atoms with Crippen molar-refractivity contribution in [3.05, 3.63) is 63.1 Å². The Morgan fingerprint density at radius 2 is 1.82 bits per heavy atom. The molecule has 3 heterocycles. The smallest absolute Gasteiger partial charge is 0.429 e. The molecule has 44 heavy (non-hydrogen) atoms. The summed E-state index contributed by atoms with van der Waals surface area (Å²) in [6.45, 7) is 6.65. The molecule has 0 radical (unpaired) electrons. The first kappa shape index (κ1) is 32.1. The largest absolute Gasteiger partial charge is 0.480 e. The Kier molecular flexibility index (Phi) is 8.94. The lowest BCUT2D eigenvalue weighted by Gasteiger charge is -2.43. The number of hydrogen-bond donors (Lipinski definition) is 3. The quantitative estimate of drug-likeness (QED) is 0.247. The lowest BCUT2D eigenvalue weighted by atomic mass is 9.71. The van der Waals surface area contributed by atoms with Gasteiger partial charge in [-0.2, -0.15) is 23.1 Å². The number of hydrogen-bond acceptors (Lipinski definition) is 7. The van der Waals surface area contributed by atoms with E-state index in [1.807, 2.05) is 11.8 Å². The zero-order valence-corrected chi connectivity index (χ0v) is 26.0. The molecule has 13 heteroatoms. The molecule has 3 atom stereocenters. The van der Waals surface area contributed by atoms with Crippen LogP contribution < -0.4 is 20.7 Å². The van der Waals surface area contributed by atoms with Crippen molar-refractivity contribution in [3.63, 3.8) is 0 Å². The third kappa shape index (κ3) is 6.41. The second-order valence-corrected chi connectivity index (χ2v) is 12.5. The van der Waals surface area contributed by atoms with E-state index >= 15 is 0 Å². The number of aliphatic carboxylic acids is 1. The van der Waals surface area contributed by atoms with Gasteiger partial charge in [-0.1, -0.05) is 36.2 Å². The van der Waals surface area contributed by atoms with E-state index in [1.165, 1.54) is 24.3 Å². The van der Waals surface area contributed by atoms with Gasteiger partial charge in [-0.05, 0) is 91.5 Å². The number of carboxylic acid groups (broad SMARTS) is 1. The van der Waals surface area contributed by atoms with E-state index in [4.69, 9.17) is 33.7 Å². The second kappa shape index (κ2) is 12.3. The summed E-state index contributed by atoms with van der Waals surface area (Å²) in [6, 6.07) is 8.41. The maximum Gasteiger partial charge on any atom is 0.429 e. The van der Waals surface area contributed by atoms with Crippen LogP contribution in [0.5, 0.6) is 5.88 Å². The molecule has 3 aromatic rings. The Morgan fingerprint density at radius 3 is 2.41 bits per heavy atom. The zero-order chi connectivity index (χ0) is 32.0. The Morgan fingerprint density at radius 1 is 1.16 bits per heavy atom. The molecule has 4 N–H and O–H groups in total. The molecule has 2 unspecified atom stereocenters. The van der Waals surface area contributed by atoms with E-state index in [0.29, 0.717) is 59.9 Å². The number of nitrogens with zero attached hydrogens (tertiary/aromatic N) is 3. The van der Waals surface area contributed by atoms with Crippen LogP contribution in [0.2, 0.25) is 10.0 Å². The highest BCUT2D eigenvalue weighted by atomic mass is 35.5. The van der Waals surface area contributed by atoms with Crippen LogP contribution in [0.1, 0.15) is 55.4 Å². The van der Waals surface area contributed by atoms with Crippen LogP contribution in [-0.4, -0.2) is 52.4 Å². The predicted molar refractivity (Wildman–Crippen MR) is 164 cm³/mol. The first-order valence-corrected chi connectivity index (χ1v) is 15.1. The lowest BCUT2D eigenvalue weighted by molar-refractivity contribution is -0.198. The van der Waals surface area contributed by atoms with E-state index < -0.39 is 24.3 Å². The molecule has 0 saturated carbocycles. The Balaban J connectivity index is 1.44. The van der Waals surface area contributed by atoms with Crippen LogP contribution in [-0.2, 0) is 4.79 Å². The minimum Gasteiger partial charge on any atom is -0.480 e. The van der Waals surface area contributed by atoms with E-state index in [-0.39, 0.29) is 39.4 Å². The molecule has 2 aliphatic rings. The summed E-state index contributed by atoms with van der Waals surface area (Å²) in [4.78, 5) is 21.9. The summed E-state index contributed by atoms with van der Waals surface area (Å²) in [5.41, 5.74) is 7.84. The average molecular weight is 653 g/mol. The van der Waals surface area contributed by atoms with Crippen LogP contribution in [0.4, 0.5) is 24.9 Å². The van der Waals surface area contributed by atoms with Gasteiger partial charge >= 0.3 is 12.1 Å². The number of aryl methyl sites for hydroxylation is 2. The molecular formula is C31H34Cl2F3N5O3. The summed E-state index contributed by atoms with van der Waals surface area (Å²) < 4.78 is 49.7. The van der Waals surface area contributed by atoms with Gasteiger partial charge in [0.2, 0.25) is 17.9 Å². The molecule has 0 bridgehead atoms. The van der Waals surface area contributed by atoms with E-state index in [9.17, 15) is 23.1 Å². The molecule has 2 aromatic carbocycles. The van der Waals surface area contributed by atoms with E-state index in [2.05, 4.69) is 15.3 Å². The van der Waals surface area contributed by atoms with Gasteiger partial charge in [0.25, 0.3) is 0 Å². The van der Waals surface area contributed by atoms with Gasteiger partial charge in [0, 0.05) is 40.8 Å². The van der Waals surface area contributed by atoms with Crippen molar-refractivity contribution < 1.29 is 27.8 Å². The molecule has 2 saturated heterocycles. The fourth-order valence-electron chi connectivity index (χ4n) is 6.66. The monoisotopic (exact) mass is 651 g/mol. The molecular weight excluding hydrogens is 618 g/mol. The van der Waals surface area contributed by atoms with Crippen molar-refractivity contribution in [2.75, 3.05) is 23.7 Å². The van der Waals surface area contributed by atoms with Crippen molar-refractivity contribution in [1.29, 1.82) is 0 Å². The lowest BCUT2D eigenvalue weighted by Crippen LogP contribution is -2.46. The number of carboxylic acids is 1. The predicted octanol–water partition coefficient (Wildman–Crippen LogP) is 7.14. The normalized spacial score (nSPS) is 20.6. The molecule has 1 aromatic heterocycles. The summed E-state index contributed by atoms with van der Waals surface area (Å²) in [5, 5.41) is 13.6. The summed E-state index contributed by atoms with van der Waals surface area (Å²) in [7, 11) is 0. The molecule has 0 amide bonds. The molecule has 2 aliphatic heterocycles. The van der Waals surface area contributed by atoms with Crippen molar-refractivity contribution >= 4 is 40.9 Å². The number of nitrogens with two attached hydrogens (primary N) is 1. The van der Waals surface area contributed by atoms with Gasteiger partial charge in [-0.25, -0.2) is 0 Å². The van der Waals surface area contributed by atoms with Gasteiger partial charge in [-0.3, -0.25) is 4.79 Å². The minimum atomic E-state index is -4.82. The van der Waals surface area contributed by atoms with Crippen molar-refractivity contribution in [2.45, 2.75) is 70.8 Å². The fraction of sp³-hybridized carbons (Fsp3) is 0.452. The maximum absolute atomic E-state index is 14.7. The number of nitrogen functional groups attached to an aromatic ring is 1. The van der Waals surface area contributed by atoms with Gasteiger partial charge in [0.1, 0.15) is 11.9 Å². The molecule has 236 valence electrons. The van der Waals surface area contributed by atoms with Crippen molar-refractivity contribution in [1.82, 2.24) is 15.3 Å². The Bertz CT molecular complexity index is 1540. The number of rotatable bonds is 7. The fourth-order valence-corrected chi connectivity index (χ4v) is 6.94. The van der Waals surface area contributed by atoms with Gasteiger partial charge in [0.15, 0.2) is 0 Å². The Hall–Kier alpha value is -3.28. The van der Waals surface area contributed by atoms with Crippen molar-refractivity contribution in [3.8, 4) is 17.0 Å². The van der Waals surface area contributed by atoms with Crippen molar-refractivity contribution in [2.24, 2.45) is 5.41 Å². The van der Waals surface area contributed by atoms with Crippen LogP contribution in [0.3, 0.4) is 0 Å². The summed E-state index contributed by atoms with van der Waals surface area (Å²) >= 11 is 12.6. The first-order chi connectivity index (χ1) is 20.7. The number of aromatic nitrogens is 2. The third-order valence-electron chi connectivity index (χ3n) is 8.83. The highest BCUT2D eigenvalue weighted by Crippen LogP contribution is 2.46. The number of anilines is 2. The number of carbonyl (C=O) groups is 1. The molecule has 8 nitrogen and oxygen atoms in total. The number of alkyl halides is 3. The molecule has 5 rings (SSSR count). The highest BCUT2D eigenvalue weighted by molar-refractivity contribution is 6.32. The SMILES string of the molecule is CCC1NC(C(=O)O)CC12CCN(c1cc(O[C@H](c3ccc(Cl)cc3-c3cc(C)c(Cl)c(C)c3)C(F)(F)F)nc(N)n1)CC2. The maximum atomic E-state index is 14.7. The second-order valence-electron chi connectivity index (χ2n) is 11.7. The van der Waals surface area contributed by atoms with E-state index in [1.54, 1.807) is 26.0 Å². The van der Waals surface area contributed by atoms with Crippen LogP contribution in [0.25, 0.3) is 11.1 Å². The molecule has 2 fully saturated rings. The van der Waals surface area contributed by atoms with Gasteiger partial charge < -0.3 is 25.8 Å². The first-order valence-electron chi connectivity index (χ1n) is 14.4. The van der Waals surface area contributed by atoms with Crippen LogP contribution in [0, 0.1) is 19.3 Å². The number of halogens is 5. The third-order valence-corrected chi connectivity index (χ3v) is 9.66. The average Bonchev–Trinajstić information content (AvgIpc) is 3.32. The summed E-state index contributed by atoms with van der Waals surface area (Å²) in [6.07, 6.45) is -4.49. The van der Waals surface area contributed by atoms with Gasteiger partial charge in [0.05, 0.1) is 0 Å². The number of benzene rings is 2. The zero-order valence-electron chi connectivity index (χ0n) is 24.5. The molecule has 0 aliphatic carbocycles. The topological polar surface area (TPSA) is 114 Å². The van der Waals surface area contributed by atoms with Crippen LogP contribution in [0.15, 0.2) is 36.4 Å². The van der Waals surface area contributed by atoms with E-state index in [0.717, 1.165) is 6.42 Å². The number of nitrogens with one attached hydrogen (secondary N) is 1.